The van der Waals surface area contributed by atoms with Gasteiger partial charge in [0.25, 0.3) is 0 Å². The lowest BCUT2D eigenvalue weighted by atomic mass is 9.87. The lowest BCUT2D eigenvalue weighted by molar-refractivity contribution is -0.108. The normalized spacial score (nSPS) is 13.5. The van der Waals surface area contributed by atoms with Crippen LogP contribution in [0.15, 0.2) is 158 Å². The van der Waals surface area contributed by atoms with Crippen LogP contribution in [-0.2, 0) is 17.6 Å². The molecule has 0 saturated carbocycles. The van der Waals surface area contributed by atoms with Crippen LogP contribution in [0.1, 0.15) is 44.5 Å². The predicted molar refractivity (Wildman–Crippen MR) is 191 cm³/mol. The summed E-state index contributed by atoms with van der Waals surface area (Å²) < 4.78 is 6.24. The molecule has 0 aliphatic heterocycles. The molecular weight excluding hydrogens is 572 g/mol. The number of rotatable bonds is 6. The molecule has 2 nitrogen and oxygen atoms in total. The van der Waals surface area contributed by atoms with E-state index in [1.165, 1.54) is 17.5 Å². The van der Waals surface area contributed by atoms with Crippen molar-refractivity contribution < 1.29 is 9.53 Å². The van der Waals surface area contributed by atoms with E-state index in [1.54, 1.807) is 0 Å². The summed E-state index contributed by atoms with van der Waals surface area (Å²) in [6.45, 7) is 0. The molecular formula is C45H30O2. The smallest absolute Gasteiger partial charge is 0.195 e. The van der Waals surface area contributed by atoms with Gasteiger partial charge in [0, 0.05) is 33.4 Å². The highest BCUT2D eigenvalue weighted by atomic mass is 16.5. The third-order valence-corrected chi connectivity index (χ3v) is 8.85. The minimum absolute atomic E-state index is 0.0282. The minimum atomic E-state index is 0.0282. The Morgan fingerprint density at radius 1 is 0.404 bits per heavy atom. The molecule has 0 aromatic heterocycles. The maximum absolute atomic E-state index is 14.4. The fourth-order valence-electron chi connectivity index (χ4n) is 6.39. The number of fused-ring (bicyclic) bond motifs is 1. The number of benzene rings is 6. The highest BCUT2D eigenvalue weighted by Crippen LogP contribution is 2.49. The van der Waals surface area contributed by atoms with Crippen LogP contribution in [0.5, 0.6) is 11.5 Å². The maximum atomic E-state index is 14.4. The van der Waals surface area contributed by atoms with Gasteiger partial charge in [-0.05, 0) is 94.8 Å². The van der Waals surface area contributed by atoms with Gasteiger partial charge in [-0.3, -0.25) is 4.79 Å². The van der Waals surface area contributed by atoms with E-state index in [0.29, 0.717) is 5.57 Å². The molecule has 6 aromatic carbocycles. The van der Waals surface area contributed by atoms with Crippen molar-refractivity contribution in [3.8, 4) is 23.3 Å². The number of hydrogen-bond acceptors (Lipinski definition) is 2. The highest BCUT2D eigenvalue weighted by Gasteiger charge is 2.35. The molecule has 0 unspecified atom stereocenters. The molecule has 0 bridgehead atoms. The van der Waals surface area contributed by atoms with Crippen molar-refractivity contribution in [2.75, 3.05) is 0 Å². The van der Waals surface area contributed by atoms with E-state index in [-0.39, 0.29) is 5.78 Å². The Labute approximate surface area is 275 Å². The van der Waals surface area contributed by atoms with E-state index in [4.69, 9.17) is 4.74 Å². The summed E-state index contributed by atoms with van der Waals surface area (Å²) in [5.74, 6) is 8.04. The Balaban J connectivity index is 1.12. The van der Waals surface area contributed by atoms with E-state index in [9.17, 15) is 4.79 Å². The van der Waals surface area contributed by atoms with E-state index >= 15 is 0 Å². The number of hydrogen-bond donors (Lipinski definition) is 0. The van der Waals surface area contributed by atoms with E-state index in [1.807, 2.05) is 127 Å². The average Bonchev–Trinajstić information content (AvgIpc) is 3.43. The van der Waals surface area contributed by atoms with Crippen LogP contribution in [0, 0.1) is 11.8 Å². The first kappa shape index (κ1) is 28.3. The molecule has 2 aliphatic rings. The number of ketones is 1. The van der Waals surface area contributed by atoms with Crippen LogP contribution in [0.4, 0.5) is 0 Å². The van der Waals surface area contributed by atoms with Crippen LogP contribution >= 0.6 is 0 Å². The largest absolute Gasteiger partial charge is 0.457 e. The SMILES string of the molecule is O=C1C(c2ccccc2)=C(c2ccccc2)C(c2ccc(Oc3ccc(C#Cc4ccc5c(c4)CC5)cc3)cc2)=C1c1ccccc1. The van der Waals surface area contributed by atoms with Crippen molar-refractivity contribution >= 4 is 28.1 Å². The van der Waals surface area contributed by atoms with Gasteiger partial charge in [0.05, 0.1) is 0 Å². The molecule has 0 N–H and O–H groups in total. The zero-order valence-electron chi connectivity index (χ0n) is 25.7. The van der Waals surface area contributed by atoms with Crippen molar-refractivity contribution in [1.82, 2.24) is 0 Å². The van der Waals surface area contributed by atoms with Gasteiger partial charge < -0.3 is 4.74 Å². The van der Waals surface area contributed by atoms with Crippen molar-refractivity contribution in [3.05, 3.63) is 202 Å². The second kappa shape index (κ2) is 12.3. The summed E-state index contributed by atoms with van der Waals surface area (Å²) in [5, 5.41) is 0. The molecule has 0 fully saturated rings. The summed E-state index contributed by atoms with van der Waals surface area (Å²) in [6, 6.07) is 52.5. The lowest BCUT2D eigenvalue weighted by Gasteiger charge is -2.17. The number of ether oxygens (including phenoxy) is 1. The number of aryl methyl sites for hydroxylation is 2. The Kier molecular flexibility index (Phi) is 7.42. The standard InChI is InChI=1S/C45H30O2/c46-45-43(35-12-6-2-7-13-35)41(34-10-4-1-5-11-34)42(44(45)36-14-8-3-9-15-36)37-24-28-40(29-25-37)47-39-26-19-31(20-27-39)16-17-32-18-21-33-22-23-38(33)30-32/h1-15,18-21,24-30H,22-23H2. The van der Waals surface area contributed by atoms with Gasteiger partial charge >= 0.3 is 0 Å². The van der Waals surface area contributed by atoms with Crippen molar-refractivity contribution in [2.24, 2.45) is 0 Å². The Hall–Kier alpha value is -6.17. The molecule has 0 saturated heterocycles. The maximum Gasteiger partial charge on any atom is 0.195 e. The molecule has 6 aromatic rings. The summed E-state index contributed by atoms with van der Waals surface area (Å²) >= 11 is 0. The first-order chi connectivity index (χ1) is 23.2. The summed E-state index contributed by atoms with van der Waals surface area (Å²) in [6.07, 6.45) is 2.34. The van der Waals surface area contributed by atoms with Gasteiger partial charge in [-0.1, -0.05) is 121 Å². The number of carbonyl (C=O) groups is 1. The van der Waals surface area contributed by atoms with Gasteiger partial charge in [-0.25, -0.2) is 0 Å². The van der Waals surface area contributed by atoms with E-state index in [0.717, 1.165) is 68.0 Å². The first-order valence-corrected chi connectivity index (χ1v) is 15.9. The van der Waals surface area contributed by atoms with Gasteiger partial charge in [-0.15, -0.1) is 0 Å². The van der Waals surface area contributed by atoms with Crippen LogP contribution in [0.25, 0.3) is 22.3 Å². The van der Waals surface area contributed by atoms with Crippen molar-refractivity contribution in [1.29, 1.82) is 0 Å². The summed E-state index contributed by atoms with van der Waals surface area (Å²) in [7, 11) is 0. The van der Waals surface area contributed by atoms with Gasteiger partial charge in [-0.2, -0.15) is 0 Å². The summed E-state index contributed by atoms with van der Waals surface area (Å²) in [5.41, 5.74) is 11.9. The minimum Gasteiger partial charge on any atom is -0.457 e. The Morgan fingerprint density at radius 3 is 1.32 bits per heavy atom. The second-order valence-corrected chi connectivity index (χ2v) is 11.8. The number of allylic oxidation sites excluding steroid dienone is 4. The number of carbonyl (C=O) groups excluding carboxylic acids is 1. The third kappa shape index (κ3) is 5.61. The zero-order valence-corrected chi connectivity index (χ0v) is 25.7. The molecule has 222 valence electrons. The average molecular weight is 603 g/mol. The second-order valence-electron chi connectivity index (χ2n) is 11.8. The quantitative estimate of drug-likeness (QED) is 0.177. The molecule has 0 spiro atoms. The van der Waals surface area contributed by atoms with Crippen LogP contribution in [0.3, 0.4) is 0 Å². The summed E-state index contributed by atoms with van der Waals surface area (Å²) in [4.78, 5) is 14.4. The van der Waals surface area contributed by atoms with Crippen LogP contribution in [0.2, 0.25) is 0 Å². The zero-order chi connectivity index (χ0) is 31.6. The van der Waals surface area contributed by atoms with Gasteiger partial charge in [0.1, 0.15) is 11.5 Å². The first-order valence-electron chi connectivity index (χ1n) is 15.9. The van der Waals surface area contributed by atoms with E-state index in [2.05, 4.69) is 42.2 Å². The molecule has 47 heavy (non-hydrogen) atoms. The van der Waals surface area contributed by atoms with Crippen molar-refractivity contribution in [2.45, 2.75) is 12.8 Å². The molecule has 0 atom stereocenters. The molecule has 2 aliphatic carbocycles. The Morgan fingerprint density at radius 2 is 0.830 bits per heavy atom. The molecule has 8 rings (SSSR count). The van der Waals surface area contributed by atoms with Crippen LogP contribution < -0.4 is 4.74 Å². The fraction of sp³-hybridized carbons (Fsp3) is 0.0444. The third-order valence-electron chi connectivity index (χ3n) is 8.85. The number of Topliss-reactive ketones (excluding diaryl/α,β-unsaturated/α-hetero) is 1. The molecule has 0 heterocycles. The fourth-order valence-corrected chi connectivity index (χ4v) is 6.39. The van der Waals surface area contributed by atoms with Gasteiger partial charge in [0.15, 0.2) is 5.78 Å². The van der Waals surface area contributed by atoms with E-state index < -0.39 is 0 Å². The topological polar surface area (TPSA) is 26.3 Å². The van der Waals surface area contributed by atoms with Crippen molar-refractivity contribution in [3.63, 3.8) is 0 Å². The molecule has 2 heteroatoms. The molecule has 0 radical (unpaired) electrons. The monoisotopic (exact) mass is 602 g/mol. The lowest BCUT2D eigenvalue weighted by Crippen LogP contribution is -2.07. The predicted octanol–water partition coefficient (Wildman–Crippen LogP) is 10.1. The van der Waals surface area contributed by atoms with Gasteiger partial charge in [0.2, 0.25) is 0 Å². The molecule has 0 amide bonds. The Bertz CT molecular complexity index is 2230. The van der Waals surface area contributed by atoms with Crippen LogP contribution in [-0.4, -0.2) is 5.78 Å². The highest BCUT2D eigenvalue weighted by molar-refractivity contribution is 6.59.